The predicted molar refractivity (Wildman–Crippen MR) is 239 cm³/mol. The topological polar surface area (TPSA) is 63.8 Å². The number of rotatable bonds is 6. The molecule has 0 bridgehead atoms. The fourth-order valence-electron chi connectivity index (χ4n) is 7.93. The number of benzene rings is 5. The second-order valence-electron chi connectivity index (χ2n) is 17.1. The Morgan fingerprint density at radius 2 is 1.19 bits per heavy atom. The molecule has 4 heterocycles. The number of hydrogen-bond donors (Lipinski definition) is 1. The Hall–Kier alpha value is -6.16. The van der Waals surface area contributed by atoms with E-state index in [1.807, 2.05) is 42.7 Å². The van der Waals surface area contributed by atoms with E-state index in [1.165, 1.54) is 11.1 Å². The minimum absolute atomic E-state index is 0. The summed E-state index contributed by atoms with van der Waals surface area (Å²) in [5, 5.41) is 13.4. The van der Waals surface area contributed by atoms with Crippen molar-refractivity contribution in [1.29, 1.82) is 0 Å². The minimum atomic E-state index is -0.0487. The maximum atomic E-state index is 11.1. The number of phenolic OH excluding ortho intramolecular Hbond substituents is 1. The van der Waals surface area contributed by atoms with Crippen LogP contribution in [-0.4, -0.2) is 24.6 Å². The maximum Gasteiger partial charge on any atom is 0.124 e. The summed E-state index contributed by atoms with van der Waals surface area (Å²) < 4.78 is 2.28. The molecule has 0 saturated heterocycles. The summed E-state index contributed by atoms with van der Waals surface area (Å²) in [7, 11) is 0. The van der Waals surface area contributed by atoms with E-state index in [-0.39, 0.29) is 37.6 Å². The predicted octanol–water partition coefficient (Wildman–Crippen LogP) is 13.4. The molecule has 9 rings (SSSR count). The summed E-state index contributed by atoms with van der Waals surface area (Å²) in [5.41, 5.74) is 14.6. The monoisotopic (exact) mass is 948 g/mol. The van der Waals surface area contributed by atoms with Gasteiger partial charge in [-0.1, -0.05) is 125 Å². The fraction of sp³-hybridized carbons (Fsp3) is 0.151. The van der Waals surface area contributed by atoms with Crippen molar-refractivity contribution in [2.45, 2.75) is 52.4 Å². The van der Waals surface area contributed by atoms with Crippen molar-refractivity contribution in [3.8, 4) is 67.5 Å². The summed E-state index contributed by atoms with van der Waals surface area (Å²) in [5.74, 6) is 0.187. The zero-order valence-electron chi connectivity index (χ0n) is 34.1. The average Bonchev–Trinajstić information content (AvgIpc) is 3.58. The first-order valence-electron chi connectivity index (χ1n) is 19.8. The molecule has 1 N–H and O–H groups in total. The average molecular weight is 949 g/mol. The van der Waals surface area contributed by atoms with Crippen LogP contribution in [0, 0.1) is 6.07 Å². The Labute approximate surface area is 360 Å². The van der Waals surface area contributed by atoms with Gasteiger partial charge in [0.25, 0.3) is 0 Å². The van der Waals surface area contributed by atoms with Gasteiger partial charge in [0.1, 0.15) is 5.75 Å². The van der Waals surface area contributed by atoms with Crippen molar-refractivity contribution in [3.05, 3.63) is 175 Å². The van der Waals surface area contributed by atoms with Gasteiger partial charge in [-0.25, -0.2) is 0 Å². The van der Waals surface area contributed by atoms with Crippen molar-refractivity contribution in [2.24, 2.45) is 0 Å². The molecule has 0 aliphatic rings. The zero-order chi connectivity index (χ0) is 40.2. The first-order chi connectivity index (χ1) is 27.9. The molecule has 0 unspecified atom stereocenters. The van der Waals surface area contributed by atoms with Gasteiger partial charge >= 0.3 is 0 Å². The van der Waals surface area contributed by atoms with Gasteiger partial charge in [-0.2, -0.15) is 0 Å². The smallest absolute Gasteiger partial charge is 0.124 e. The number of phenols is 1. The van der Waals surface area contributed by atoms with Crippen LogP contribution in [0.5, 0.6) is 5.75 Å². The van der Waals surface area contributed by atoms with Crippen LogP contribution < -0.4 is 0 Å². The summed E-state index contributed by atoms with van der Waals surface area (Å²) >= 11 is 0. The molecule has 4 aromatic heterocycles. The van der Waals surface area contributed by atoms with Gasteiger partial charge in [-0.3, -0.25) is 15.0 Å². The van der Waals surface area contributed by atoms with E-state index in [2.05, 4.69) is 160 Å². The molecule has 0 saturated carbocycles. The Bertz CT molecular complexity index is 2960. The zero-order valence-corrected chi connectivity index (χ0v) is 36.3. The van der Waals surface area contributed by atoms with Gasteiger partial charge in [0.15, 0.2) is 0 Å². The summed E-state index contributed by atoms with van der Waals surface area (Å²) in [6, 6.07) is 51.8. The number of aromatic hydroxyl groups is 1. The molecule has 5 nitrogen and oxygen atoms in total. The molecule has 59 heavy (non-hydrogen) atoms. The molecule has 294 valence electrons. The van der Waals surface area contributed by atoms with Crippen LogP contribution in [0.2, 0.25) is 0 Å². The number of aromatic nitrogens is 4. The molecule has 0 spiro atoms. The van der Waals surface area contributed by atoms with Gasteiger partial charge in [0, 0.05) is 61.2 Å². The number of fused-ring (bicyclic) bond motifs is 3. The van der Waals surface area contributed by atoms with E-state index in [1.54, 1.807) is 12.3 Å². The van der Waals surface area contributed by atoms with E-state index in [0.717, 1.165) is 72.3 Å². The Morgan fingerprint density at radius 1 is 0.559 bits per heavy atom. The van der Waals surface area contributed by atoms with Crippen LogP contribution in [0.1, 0.15) is 52.7 Å². The third-order valence-electron chi connectivity index (χ3n) is 11.0. The largest absolute Gasteiger partial charge is 0.507 e. The number of nitrogens with zero attached hydrogens (tertiary/aromatic N) is 4. The first kappa shape index (κ1) is 39.7. The maximum absolute atomic E-state index is 11.1. The fourth-order valence-corrected chi connectivity index (χ4v) is 7.93. The van der Waals surface area contributed by atoms with Gasteiger partial charge < -0.3 is 9.67 Å². The number of hydrogen-bond acceptors (Lipinski definition) is 4. The van der Waals surface area contributed by atoms with Crippen molar-refractivity contribution >= 4 is 21.8 Å². The van der Waals surface area contributed by atoms with Gasteiger partial charge in [-0.05, 0) is 92.7 Å². The molecular weight excluding hydrogens is 904 g/mol. The molecule has 0 radical (unpaired) electrons. The van der Waals surface area contributed by atoms with E-state index in [4.69, 9.17) is 9.97 Å². The van der Waals surface area contributed by atoms with Crippen molar-refractivity contribution in [1.82, 2.24) is 19.5 Å². The standard InChI is InChI=1S/C53H45N4O.Pt/c1-52(2,3)38-28-36(29-39(32-38)53(4,5)6)37-30-45(56-46(31-37)43-18-8-10-24-49(43)58)34-15-11-16-35(27-34)51-42(21-14-26-55-51)41-20-12-23-48-50(41)44-19-7-9-22-47(44)57(48)40-17-13-25-54-33-40;/h7-26,28-33,58H,1-6H3;/q-1;. The van der Waals surface area contributed by atoms with Crippen LogP contribution >= 0.6 is 0 Å². The molecule has 0 amide bonds. The second-order valence-corrected chi connectivity index (χ2v) is 17.1. The number of pyridine rings is 3. The summed E-state index contributed by atoms with van der Waals surface area (Å²) in [4.78, 5) is 14.7. The molecule has 0 atom stereocenters. The Kier molecular flexibility index (Phi) is 10.4. The van der Waals surface area contributed by atoms with Crippen molar-refractivity contribution in [3.63, 3.8) is 0 Å². The quantitative estimate of drug-likeness (QED) is 0.169. The number of para-hydroxylation sites is 2. The van der Waals surface area contributed by atoms with Gasteiger partial charge in [0.2, 0.25) is 0 Å². The Morgan fingerprint density at radius 3 is 1.93 bits per heavy atom. The second kappa shape index (κ2) is 15.5. The molecular formula is C53H45N4OPt-. The summed E-state index contributed by atoms with van der Waals surface area (Å²) in [6.45, 7) is 13.6. The van der Waals surface area contributed by atoms with Crippen LogP contribution in [-0.2, 0) is 31.9 Å². The van der Waals surface area contributed by atoms with E-state index < -0.39 is 0 Å². The normalized spacial score (nSPS) is 11.8. The first-order valence-corrected chi connectivity index (χ1v) is 19.8. The molecule has 6 heteroatoms. The van der Waals surface area contributed by atoms with Gasteiger partial charge in [-0.15, -0.1) is 24.3 Å². The van der Waals surface area contributed by atoms with E-state index >= 15 is 0 Å². The third kappa shape index (κ3) is 7.52. The molecule has 5 aromatic carbocycles. The van der Waals surface area contributed by atoms with E-state index in [0.29, 0.717) is 11.3 Å². The van der Waals surface area contributed by atoms with Crippen LogP contribution in [0.15, 0.2) is 158 Å². The molecule has 9 aromatic rings. The molecule has 0 aliphatic heterocycles. The molecule has 0 fully saturated rings. The van der Waals surface area contributed by atoms with Crippen molar-refractivity contribution < 1.29 is 26.2 Å². The van der Waals surface area contributed by atoms with Crippen LogP contribution in [0.4, 0.5) is 0 Å². The van der Waals surface area contributed by atoms with E-state index in [9.17, 15) is 5.11 Å². The van der Waals surface area contributed by atoms with Gasteiger partial charge in [0.05, 0.1) is 28.6 Å². The third-order valence-corrected chi connectivity index (χ3v) is 11.0. The SMILES string of the molecule is CC(C)(C)c1cc(-c2cc(-c3[c-]c(-c4ncccc4-c4cccc5c4c4ccccc4n5-c4cccnc4)ccc3)nc(-c3ccccc3O)c2)cc(C(C)(C)C)c1.[Pt]. The summed E-state index contributed by atoms with van der Waals surface area (Å²) in [6.07, 6.45) is 5.57. The Balaban J connectivity index is 0.00000484. The van der Waals surface area contributed by atoms with Crippen molar-refractivity contribution in [2.75, 3.05) is 0 Å². The van der Waals surface area contributed by atoms with Crippen LogP contribution in [0.25, 0.3) is 83.5 Å². The minimum Gasteiger partial charge on any atom is -0.507 e. The molecule has 0 aliphatic carbocycles. The van der Waals surface area contributed by atoms with Crippen LogP contribution in [0.3, 0.4) is 0 Å².